The van der Waals surface area contributed by atoms with E-state index in [2.05, 4.69) is 5.32 Å². The van der Waals surface area contributed by atoms with Crippen LogP contribution in [-0.4, -0.2) is 67.1 Å². The summed E-state index contributed by atoms with van der Waals surface area (Å²) in [6.45, 7) is 0.397. The Labute approximate surface area is 287 Å². The van der Waals surface area contributed by atoms with Gasteiger partial charge in [0, 0.05) is 31.1 Å². The van der Waals surface area contributed by atoms with E-state index in [1.807, 2.05) is 54.6 Å². The van der Waals surface area contributed by atoms with Crippen molar-refractivity contribution in [3.8, 4) is 16.9 Å². The molecule has 2 atom stereocenters. The Balaban J connectivity index is 1.39. The number of benzene rings is 4. The molecule has 2 aliphatic rings. The number of carbonyl (C=O) groups excluding carboxylic acids is 1. The molecule has 3 N–H and O–H groups in total. The second-order valence-electron chi connectivity index (χ2n) is 12.6. The minimum atomic E-state index is -3.78. The number of hydrogen-bond donors (Lipinski definition) is 3. The third kappa shape index (κ3) is 8.04. The number of nitrogens with one attached hydrogen (secondary N) is 1. The third-order valence-electron chi connectivity index (χ3n) is 9.24. The van der Waals surface area contributed by atoms with Gasteiger partial charge in [-0.1, -0.05) is 72.8 Å². The topological polar surface area (TPSA) is 135 Å². The maximum atomic E-state index is 14.6. The maximum absolute atomic E-state index is 14.6. The zero-order chi connectivity index (χ0) is 34.3. The summed E-state index contributed by atoms with van der Waals surface area (Å²) in [6, 6.07) is 32.9. The first-order chi connectivity index (χ1) is 23.8. The second kappa shape index (κ2) is 15.4. The number of carbonyl (C=O) groups is 1. The highest BCUT2D eigenvalue weighted by Gasteiger charge is 2.54. The molecule has 0 radical (unpaired) electrons. The van der Waals surface area contributed by atoms with Gasteiger partial charge >= 0.3 is 0 Å². The van der Waals surface area contributed by atoms with Crippen molar-refractivity contribution >= 4 is 21.6 Å². The quantitative estimate of drug-likeness (QED) is 0.155. The molecule has 6 rings (SSSR count). The van der Waals surface area contributed by atoms with E-state index in [0.29, 0.717) is 55.6 Å². The number of ether oxygens (including phenoxy) is 2. The Kier molecular flexibility index (Phi) is 10.8. The van der Waals surface area contributed by atoms with Gasteiger partial charge in [-0.15, -0.1) is 0 Å². The number of aliphatic imine (C=N–C) groups is 1. The molecule has 0 spiro atoms. The van der Waals surface area contributed by atoms with Gasteiger partial charge in [0.15, 0.2) is 21.5 Å². The highest BCUT2D eigenvalue weighted by molar-refractivity contribution is 7.91. The molecule has 1 heterocycles. The van der Waals surface area contributed by atoms with E-state index in [0.717, 1.165) is 11.1 Å². The van der Waals surface area contributed by atoms with Crippen LogP contribution in [0.1, 0.15) is 55.8 Å². The van der Waals surface area contributed by atoms with Gasteiger partial charge < -0.3 is 25.0 Å². The molecule has 10 heteroatoms. The highest BCUT2D eigenvalue weighted by Crippen LogP contribution is 2.44. The summed E-state index contributed by atoms with van der Waals surface area (Å²) < 4.78 is 39.6. The average molecular weight is 683 g/mol. The molecule has 256 valence electrons. The summed E-state index contributed by atoms with van der Waals surface area (Å²) in [4.78, 5) is 19.8. The van der Waals surface area contributed by atoms with Gasteiger partial charge in [-0.25, -0.2) is 13.4 Å². The lowest BCUT2D eigenvalue weighted by molar-refractivity contribution is -0.130. The minimum absolute atomic E-state index is 0.0298. The van der Waals surface area contributed by atoms with Gasteiger partial charge in [-0.2, -0.15) is 0 Å². The van der Waals surface area contributed by atoms with Crippen molar-refractivity contribution in [3.05, 3.63) is 120 Å². The molecule has 0 unspecified atom stereocenters. The molecular weight excluding hydrogens is 641 g/mol. The van der Waals surface area contributed by atoms with E-state index in [1.165, 1.54) is 0 Å². The van der Waals surface area contributed by atoms with Crippen LogP contribution >= 0.6 is 0 Å². The number of aliphatic hydroxyl groups excluding tert-OH is 2. The van der Waals surface area contributed by atoms with Crippen LogP contribution in [0.15, 0.2) is 119 Å². The van der Waals surface area contributed by atoms with Crippen molar-refractivity contribution in [2.24, 2.45) is 4.99 Å². The van der Waals surface area contributed by atoms with Crippen LogP contribution in [0.2, 0.25) is 0 Å². The van der Waals surface area contributed by atoms with Crippen molar-refractivity contribution < 1.29 is 32.9 Å². The van der Waals surface area contributed by atoms with E-state index in [4.69, 9.17) is 19.6 Å². The fourth-order valence-electron chi connectivity index (χ4n) is 6.42. The van der Waals surface area contributed by atoms with Crippen LogP contribution in [0.4, 0.5) is 0 Å². The van der Waals surface area contributed by atoms with Crippen LogP contribution in [0.3, 0.4) is 0 Å². The van der Waals surface area contributed by atoms with Crippen molar-refractivity contribution in [1.29, 1.82) is 0 Å². The molecular formula is C39H42N2O7S. The first kappa shape index (κ1) is 34.4. The molecule has 0 aromatic heterocycles. The van der Waals surface area contributed by atoms with Crippen LogP contribution in [0.5, 0.6) is 5.75 Å². The largest absolute Gasteiger partial charge is 0.494 e. The molecule has 1 aliphatic carbocycles. The fraction of sp³-hybridized carbons (Fsp3) is 0.333. The van der Waals surface area contributed by atoms with Crippen molar-refractivity contribution in [2.75, 3.05) is 19.0 Å². The lowest BCUT2D eigenvalue weighted by Crippen LogP contribution is -2.53. The predicted octanol–water partition coefficient (Wildman–Crippen LogP) is 5.66. The Hall–Kier alpha value is -4.51. The molecule has 9 nitrogen and oxygen atoms in total. The third-order valence-corrected chi connectivity index (χ3v) is 11.0. The standard InChI is InChI=1S/C39H42N2O7S/c42-25-7-26-47-34-22-16-31(17-23-34)37-41-39(38(44)40-32-18-20-33(43)21-19-32,24-27-49(45,46)35-10-5-2-6-11-35)36(48-37)30-14-12-29(13-15-30)28-8-3-1-4-9-28/h1-6,8-17,22-23,32-33,36,42-43H,7,18-21,24-27H2,(H,40,44)/t32?,33?,36-,39-/m1/s1. The SMILES string of the molecule is O=C(NC1CCC(O)CC1)[C@]1(CCS(=O)(=O)c2ccccc2)N=C(c2ccc(OCCCO)cc2)O[C@@H]1c1ccc(-c2ccccc2)cc1. The first-order valence-corrected chi connectivity index (χ1v) is 18.5. The number of aliphatic hydroxyl groups is 2. The molecule has 1 amide bonds. The molecule has 0 saturated heterocycles. The van der Waals surface area contributed by atoms with Crippen molar-refractivity contribution in [2.45, 2.75) is 67.2 Å². The number of sulfone groups is 1. The summed E-state index contributed by atoms with van der Waals surface area (Å²) in [6.07, 6.45) is 1.42. The van der Waals surface area contributed by atoms with E-state index in [-0.39, 0.29) is 35.6 Å². The normalized spacial score (nSPS) is 22.2. The number of amides is 1. The van der Waals surface area contributed by atoms with E-state index < -0.39 is 33.5 Å². The van der Waals surface area contributed by atoms with E-state index in [1.54, 1.807) is 54.6 Å². The fourth-order valence-corrected chi connectivity index (χ4v) is 7.80. The van der Waals surface area contributed by atoms with Crippen LogP contribution < -0.4 is 10.1 Å². The predicted molar refractivity (Wildman–Crippen MR) is 188 cm³/mol. The minimum Gasteiger partial charge on any atom is -0.494 e. The smallest absolute Gasteiger partial charge is 0.252 e. The summed E-state index contributed by atoms with van der Waals surface area (Å²) in [5, 5.41) is 22.4. The molecule has 1 fully saturated rings. The van der Waals surface area contributed by atoms with Crippen LogP contribution in [-0.2, 0) is 19.4 Å². The van der Waals surface area contributed by atoms with Gasteiger partial charge in [0.25, 0.3) is 5.91 Å². The van der Waals surface area contributed by atoms with E-state index in [9.17, 15) is 18.3 Å². The second-order valence-corrected chi connectivity index (χ2v) is 14.7. The zero-order valence-corrected chi connectivity index (χ0v) is 28.1. The van der Waals surface area contributed by atoms with Crippen LogP contribution in [0, 0.1) is 0 Å². The van der Waals surface area contributed by atoms with Gasteiger partial charge in [0.1, 0.15) is 5.75 Å². The molecule has 49 heavy (non-hydrogen) atoms. The number of hydrogen-bond acceptors (Lipinski definition) is 8. The van der Waals surface area contributed by atoms with Gasteiger partial charge in [-0.3, -0.25) is 4.79 Å². The zero-order valence-electron chi connectivity index (χ0n) is 27.3. The Bertz CT molecular complexity index is 1820. The number of rotatable bonds is 13. The number of nitrogens with zero attached hydrogens (tertiary/aromatic N) is 1. The molecule has 4 aromatic rings. The van der Waals surface area contributed by atoms with Gasteiger partial charge in [-0.05, 0) is 78.8 Å². The summed E-state index contributed by atoms with van der Waals surface area (Å²) >= 11 is 0. The lowest BCUT2D eigenvalue weighted by Gasteiger charge is -2.34. The Morgan fingerprint density at radius 1 is 0.837 bits per heavy atom. The summed E-state index contributed by atoms with van der Waals surface area (Å²) in [5.74, 6) is 0.101. The average Bonchev–Trinajstić information content (AvgIpc) is 3.54. The monoisotopic (exact) mass is 682 g/mol. The van der Waals surface area contributed by atoms with Gasteiger partial charge in [0.2, 0.25) is 5.90 Å². The lowest BCUT2D eigenvalue weighted by atomic mass is 9.83. The summed E-state index contributed by atoms with van der Waals surface area (Å²) in [5.41, 5.74) is 1.72. The summed E-state index contributed by atoms with van der Waals surface area (Å²) in [7, 11) is -3.78. The van der Waals surface area contributed by atoms with E-state index >= 15 is 0 Å². The molecule has 1 saturated carbocycles. The molecule has 1 aliphatic heterocycles. The van der Waals surface area contributed by atoms with Crippen molar-refractivity contribution in [3.63, 3.8) is 0 Å². The Morgan fingerprint density at radius 2 is 1.45 bits per heavy atom. The Morgan fingerprint density at radius 3 is 2.10 bits per heavy atom. The first-order valence-electron chi connectivity index (χ1n) is 16.8. The van der Waals surface area contributed by atoms with Crippen LogP contribution in [0.25, 0.3) is 11.1 Å². The maximum Gasteiger partial charge on any atom is 0.252 e. The molecule has 4 aromatic carbocycles. The highest BCUT2D eigenvalue weighted by atomic mass is 32.2. The van der Waals surface area contributed by atoms with Crippen molar-refractivity contribution in [1.82, 2.24) is 5.32 Å². The molecule has 0 bridgehead atoms. The van der Waals surface area contributed by atoms with Gasteiger partial charge in [0.05, 0.1) is 23.4 Å².